The Labute approximate surface area is 90.1 Å². The molecule has 0 aromatic rings. The molecule has 10 heteroatoms. The molecule has 9 nitrogen and oxygen atoms in total. The molecule has 0 unspecified atom stereocenters. The Kier molecular flexibility index (Phi) is 4.41. The summed E-state index contributed by atoms with van der Waals surface area (Å²) in [6.07, 6.45) is -8.25. The first-order valence-corrected chi connectivity index (χ1v) is 5.83. The lowest BCUT2D eigenvalue weighted by atomic mass is 10.0. The normalized spacial score (nSPS) is 41.0. The molecule has 0 aromatic heterocycles. The predicted molar refractivity (Wildman–Crippen MR) is 46.9 cm³/mol. The van der Waals surface area contributed by atoms with Gasteiger partial charge in [0.25, 0.3) is 0 Å². The summed E-state index contributed by atoms with van der Waals surface area (Å²) in [7, 11) is -4.91. The summed E-state index contributed by atoms with van der Waals surface area (Å²) in [5, 5.41) is 36.6. The number of hydrogen-bond donors (Lipinski definition) is 6. The zero-order chi connectivity index (χ0) is 12.5. The third kappa shape index (κ3) is 3.20. The molecule has 1 heterocycles. The number of ether oxygens (including phenoxy) is 1. The van der Waals surface area contributed by atoms with E-state index in [0.29, 0.717) is 0 Å². The molecule has 5 atom stereocenters. The van der Waals surface area contributed by atoms with Gasteiger partial charge in [0.2, 0.25) is 0 Å². The fraction of sp³-hybridized carbons (Fsp3) is 1.00. The van der Waals surface area contributed by atoms with Gasteiger partial charge in [0, 0.05) is 0 Å². The van der Waals surface area contributed by atoms with Crippen LogP contribution >= 0.6 is 7.82 Å². The average Bonchev–Trinajstić information content (AvgIpc) is 2.17. The first-order chi connectivity index (χ1) is 7.26. The lowest BCUT2D eigenvalue weighted by molar-refractivity contribution is -0.280. The summed E-state index contributed by atoms with van der Waals surface area (Å²) in [6.45, 7) is -0.702. The van der Waals surface area contributed by atoms with E-state index in [0.717, 1.165) is 0 Å². The van der Waals surface area contributed by atoms with Crippen molar-refractivity contribution in [2.75, 3.05) is 6.61 Å². The first-order valence-electron chi connectivity index (χ1n) is 4.30. The van der Waals surface area contributed by atoms with Crippen molar-refractivity contribution >= 4 is 7.82 Å². The van der Waals surface area contributed by atoms with E-state index in [-0.39, 0.29) is 0 Å². The summed E-state index contributed by atoms with van der Waals surface area (Å²) < 4.78 is 19.2. The Morgan fingerprint density at radius 1 is 1.12 bits per heavy atom. The van der Waals surface area contributed by atoms with Gasteiger partial charge in [0.15, 0.2) is 6.29 Å². The molecule has 0 saturated carbocycles. The molecule has 6 N–H and O–H groups in total. The van der Waals surface area contributed by atoms with Crippen LogP contribution < -0.4 is 0 Å². The number of aliphatic hydroxyl groups is 4. The molecule has 1 rings (SSSR count). The van der Waals surface area contributed by atoms with Crippen LogP contribution in [0.25, 0.3) is 0 Å². The zero-order valence-electron chi connectivity index (χ0n) is 7.95. The standard InChI is InChI=1S/C6H13O9P/c7-1-2-3(8)4(9)5(10)6(14-2)15-16(11,12)13/h2-10H,1H2,(H2,11,12,13)/t2-,3-,4+,5-,6-/m1/s1/i6+1. The Balaban J connectivity index is 2.75. The maximum absolute atomic E-state index is 10.5. The van der Waals surface area contributed by atoms with E-state index in [2.05, 4.69) is 9.26 Å². The fourth-order valence-corrected chi connectivity index (χ4v) is 1.73. The number of aliphatic hydroxyl groups excluding tert-OH is 4. The molecule has 1 aliphatic heterocycles. The summed E-state index contributed by atoms with van der Waals surface area (Å²) in [5.74, 6) is 0. The Hall–Kier alpha value is -0.0900. The van der Waals surface area contributed by atoms with Gasteiger partial charge in [-0.2, -0.15) is 0 Å². The SMILES string of the molecule is O=P(O)(O)O[13C@H]1O[C@H](CO)[C@@H](O)[C@H](O)[C@H]1O. The quantitative estimate of drug-likeness (QED) is 0.228. The van der Waals surface area contributed by atoms with E-state index in [9.17, 15) is 19.9 Å². The molecule has 16 heavy (non-hydrogen) atoms. The largest absolute Gasteiger partial charge is 0.472 e. The van der Waals surface area contributed by atoms with Crippen LogP contribution in [0.2, 0.25) is 0 Å². The molecular formula is C6H13O9P. The monoisotopic (exact) mass is 261 g/mol. The van der Waals surface area contributed by atoms with Crippen molar-refractivity contribution in [1.29, 1.82) is 0 Å². The minimum Gasteiger partial charge on any atom is -0.394 e. The van der Waals surface area contributed by atoms with Gasteiger partial charge >= 0.3 is 7.82 Å². The number of phosphoric acid groups is 1. The molecule has 0 aromatic carbocycles. The topological polar surface area (TPSA) is 157 Å². The van der Waals surface area contributed by atoms with E-state index in [1.165, 1.54) is 0 Å². The van der Waals surface area contributed by atoms with Gasteiger partial charge < -0.3 is 34.9 Å². The van der Waals surface area contributed by atoms with Crippen molar-refractivity contribution in [2.24, 2.45) is 0 Å². The minimum atomic E-state index is -4.91. The third-order valence-corrected chi connectivity index (χ3v) is 2.57. The van der Waals surface area contributed by atoms with E-state index in [4.69, 9.17) is 14.9 Å². The van der Waals surface area contributed by atoms with Gasteiger partial charge in [0.05, 0.1) is 6.61 Å². The minimum absolute atomic E-state index is 0.702. The van der Waals surface area contributed by atoms with Gasteiger partial charge in [-0.1, -0.05) is 0 Å². The van der Waals surface area contributed by atoms with Crippen LogP contribution in [0, 0.1) is 0 Å². The van der Waals surface area contributed by atoms with Crippen LogP contribution in [0.5, 0.6) is 0 Å². The lowest BCUT2D eigenvalue weighted by Gasteiger charge is -2.39. The molecular weight excluding hydrogens is 248 g/mol. The highest BCUT2D eigenvalue weighted by atomic mass is 31.2. The van der Waals surface area contributed by atoms with Crippen molar-refractivity contribution in [3.05, 3.63) is 0 Å². The Morgan fingerprint density at radius 2 is 1.69 bits per heavy atom. The summed E-state index contributed by atoms with van der Waals surface area (Å²) in [5.41, 5.74) is 0. The molecule has 0 amide bonds. The summed E-state index contributed by atoms with van der Waals surface area (Å²) >= 11 is 0. The van der Waals surface area contributed by atoms with E-state index < -0.39 is 45.1 Å². The molecule has 0 spiro atoms. The van der Waals surface area contributed by atoms with Crippen molar-refractivity contribution in [1.82, 2.24) is 0 Å². The number of rotatable bonds is 3. The highest BCUT2D eigenvalue weighted by molar-refractivity contribution is 7.46. The Morgan fingerprint density at radius 3 is 2.12 bits per heavy atom. The van der Waals surface area contributed by atoms with Gasteiger partial charge in [-0.05, 0) is 0 Å². The van der Waals surface area contributed by atoms with E-state index in [1.807, 2.05) is 0 Å². The van der Waals surface area contributed by atoms with Crippen LogP contribution in [0.15, 0.2) is 0 Å². The zero-order valence-corrected chi connectivity index (χ0v) is 8.84. The maximum Gasteiger partial charge on any atom is 0.472 e. The highest BCUT2D eigenvalue weighted by Gasteiger charge is 2.46. The van der Waals surface area contributed by atoms with Gasteiger partial charge in [-0.25, -0.2) is 4.57 Å². The van der Waals surface area contributed by atoms with Crippen molar-refractivity contribution in [3.8, 4) is 0 Å². The molecule has 1 saturated heterocycles. The Bertz CT molecular complexity index is 275. The molecule has 0 radical (unpaired) electrons. The van der Waals surface area contributed by atoms with Crippen LogP contribution in [0.3, 0.4) is 0 Å². The van der Waals surface area contributed by atoms with Crippen LogP contribution in [-0.2, 0) is 13.8 Å². The van der Waals surface area contributed by atoms with Gasteiger partial charge in [0.1, 0.15) is 24.4 Å². The number of hydrogen-bond acceptors (Lipinski definition) is 7. The first kappa shape index (κ1) is 14.0. The van der Waals surface area contributed by atoms with E-state index in [1.54, 1.807) is 0 Å². The summed E-state index contributed by atoms with van der Waals surface area (Å²) in [4.78, 5) is 17.0. The fourth-order valence-electron chi connectivity index (χ4n) is 1.29. The average molecular weight is 261 g/mol. The van der Waals surface area contributed by atoms with Crippen molar-refractivity contribution < 1.29 is 44.0 Å². The third-order valence-electron chi connectivity index (χ3n) is 2.09. The van der Waals surface area contributed by atoms with Crippen molar-refractivity contribution in [3.63, 3.8) is 0 Å². The molecule has 96 valence electrons. The second kappa shape index (κ2) is 5.05. The second-order valence-electron chi connectivity index (χ2n) is 3.29. The molecule has 1 fully saturated rings. The second-order valence-corrected chi connectivity index (χ2v) is 4.49. The van der Waals surface area contributed by atoms with Crippen LogP contribution in [0.4, 0.5) is 0 Å². The molecule has 0 bridgehead atoms. The number of phosphoric ester groups is 1. The smallest absolute Gasteiger partial charge is 0.394 e. The summed E-state index contributed by atoms with van der Waals surface area (Å²) in [6, 6.07) is 0. The predicted octanol–water partition coefficient (Wildman–Crippen LogP) is -3.10. The maximum atomic E-state index is 10.5. The van der Waals surface area contributed by atoms with Crippen molar-refractivity contribution in [2.45, 2.75) is 30.7 Å². The molecule has 1 aliphatic rings. The highest BCUT2D eigenvalue weighted by Crippen LogP contribution is 2.40. The van der Waals surface area contributed by atoms with Gasteiger partial charge in [-0.3, -0.25) is 4.52 Å². The molecule has 0 aliphatic carbocycles. The van der Waals surface area contributed by atoms with Crippen LogP contribution in [-0.4, -0.2) is 67.5 Å². The van der Waals surface area contributed by atoms with E-state index >= 15 is 0 Å². The lowest BCUT2D eigenvalue weighted by Crippen LogP contribution is -2.58. The van der Waals surface area contributed by atoms with Gasteiger partial charge in [-0.15, -0.1) is 0 Å². The van der Waals surface area contributed by atoms with Crippen LogP contribution in [0.1, 0.15) is 0 Å².